The molecule has 0 N–H and O–H groups in total. The van der Waals surface area contributed by atoms with E-state index in [1.54, 1.807) is 48.5 Å². The van der Waals surface area contributed by atoms with Crippen LogP contribution in [0.25, 0.3) is 0 Å². The minimum absolute atomic E-state index is 0.0696. The van der Waals surface area contributed by atoms with Crippen molar-refractivity contribution in [2.75, 3.05) is 19.6 Å². The highest BCUT2D eigenvalue weighted by atomic mass is 16.7. The van der Waals surface area contributed by atoms with E-state index in [2.05, 4.69) is 0 Å². The van der Waals surface area contributed by atoms with Crippen LogP contribution < -0.4 is 0 Å². The van der Waals surface area contributed by atoms with Gasteiger partial charge in [0.15, 0.2) is 0 Å². The Morgan fingerprint density at radius 2 is 1.05 bits per heavy atom. The second-order valence-electron chi connectivity index (χ2n) is 8.62. The summed E-state index contributed by atoms with van der Waals surface area (Å²) in [4.78, 5) is 71.8. The van der Waals surface area contributed by atoms with Gasteiger partial charge in [-0.25, -0.2) is 5.06 Å². The molecule has 5 rings (SSSR count). The molecule has 2 aliphatic rings. The number of benzene rings is 3. The molecule has 0 aliphatic carbocycles. The van der Waals surface area contributed by atoms with Gasteiger partial charge < -0.3 is 0 Å². The number of nitrogens with zero attached hydrogens (tertiary/aromatic N) is 3. The Morgan fingerprint density at radius 3 is 1.54 bits per heavy atom. The Hall–Kier alpha value is -4.63. The van der Waals surface area contributed by atoms with E-state index >= 15 is 0 Å². The second-order valence-corrected chi connectivity index (χ2v) is 8.62. The van der Waals surface area contributed by atoms with Crippen LogP contribution in [0.3, 0.4) is 0 Å². The lowest BCUT2D eigenvalue weighted by Gasteiger charge is -2.25. The van der Waals surface area contributed by atoms with Gasteiger partial charge in [0.25, 0.3) is 23.6 Å². The third-order valence-electron chi connectivity index (χ3n) is 6.34. The van der Waals surface area contributed by atoms with E-state index in [0.29, 0.717) is 22.3 Å². The second kappa shape index (κ2) is 10.2. The number of hydroxylamine groups is 2. The molecule has 186 valence electrons. The molecule has 0 saturated carbocycles. The van der Waals surface area contributed by atoms with Gasteiger partial charge in [-0.1, -0.05) is 54.6 Å². The van der Waals surface area contributed by atoms with E-state index in [1.165, 1.54) is 0 Å². The molecule has 2 aliphatic heterocycles. The van der Waals surface area contributed by atoms with Crippen molar-refractivity contribution >= 4 is 29.5 Å². The topological polar surface area (TPSA) is 104 Å². The monoisotopic (exact) mass is 497 g/mol. The minimum Gasteiger partial charge on any atom is -0.274 e. The lowest BCUT2D eigenvalue weighted by molar-refractivity contribution is -0.192. The largest absolute Gasteiger partial charge is 0.274 e. The summed E-state index contributed by atoms with van der Waals surface area (Å²) in [6.45, 7) is -0.176. The van der Waals surface area contributed by atoms with Crippen molar-refractivity contribution in [1.29, 1.82) is 0 Å². The van der Waals surface area contributed by atoms with Gasteiger partial charge in [0, 0.05) is 19.5 Å². The highest BCUT2D eigenvalue weighted by Gasteiger charge is 2.37. The number of hydrogen-bond donors (Lipinski definition) is 0. The number of carbonyl (C=O) groups is 5. The third-order valence-corrected chi connectivity index (χ3v) is 6.34. The molecule has 3 aromatic rings. The molecule has 0 atom stereocenters. The predicted octanol–water partition coefficient (Wildman–Crippen LogP) is 2.93. The third kappa shape index (κ3) is 4.64. The fraction of sp³-hybridized carbons (Fsp3) is 0.179. The first-order chi connectivity index (χ1) is 18.0. The van der Waals surface area contributed by atoms with Gasteiger partial charge in [-0.3, -0.25) is 38.6 Å². The zero-order valence-electron chi connectivity index (χ0n) is 19.8. The number of rotatable bonds is 9. The van der Waals surface area contributed by atoms with E-state index in [9.17, 15) is 24.0 Å². The van der Waals surface area contributed by atoms with E-state index in [1.807, 2.05) is 30.3 Å². The fourth-order valence-corrected chi connectivity index (χ4v) is 4.40. The zero-order chi connectivity index (χ0) is 25.9. The van der Waals surface area contributed by atoms with E-state index in [4.69, 9.17) is 4.84 Å². The quantitative estimate of drug-likeness (QED) is 0.333. The van der Waals surface area contributed by atoms with E-state index in [0.717, 1.165) is 20.4 Å². The summed E-state index contributed by atoms with van der Waals surface area (Å²) in [5.41, 5.74) is 2.08. The van der Waals surface area contributed by atoms with Crippen LogP contribution in [-0.4, -0.2) is 64.0 Å². The standard InChI is InChI=1S/C28H23N3O6/c32-24(14-15-29-25(33)20-10-4-5-11-21(20)26(29)34)31(37-18-19-8-2-1-3-9-19)17-16-30-27(35)22-12-6-7-13-23(22)28(30)36/h1-13H,14-18H2. The van der Waals surface area contributed by atoms with Crippen LogP contribution in [0.15, 0.2) is 78.9 Å². The van der Waals surface area contributed by atoms with Crippen molar-refractivity contribution in [3.63, 3.8) is 0 Å². The number of amides is 5. The number of imide groups is 2. The summed E-state index contributed by atoms with van der Waals surface area (Å²) < 4.78 is 0. The van der Waals surface area contributed by atoms with Gasteiger partial charge in [-0.2, -0.15) is 0 Å². The predicted molar refractivity (Wildman–Crippen MR) is 131 cm³/mol. The van der Waals surface area contributed by atoms with Crippen molar-refractivity contribution in [2.45, 2.75) is 13.0 Å². The number of carbonyl (C=O) groups excluding carboxylic acids is 5. The van der Waals surface area contributed by atoms with Crippen molar-refractivity contribution in [3.05, 3.63) is 107 Å². The van der Waals surface area contributed by atoms with E-state index < -0.39 is 29.5 Å². The van der Waals surface area contributed by atoms with Crippen molar-refractivity contribution in [1.82, 2.24) is 14.9 Å². The molecule has 9 heteroatoms. The molecule has 0 radical (unpaired) electrons. The summed E-state index contributed by atoms with van der Waals surface area (Å²) in [6.07, 6.45) is -0.178. The molecule has 0 fully saturated rings. The van der Waals surface area contributed by atoms with Crippen LogP contribution >= 0.6 is 0 Å². The first-order valence-electron chi connectivity index (χ1n) is 11.8. The highest BCUT2D eigenvalue weighted by molar-refractivity contribution is 6.22. The maximum Gasteiger partial charge on any atom is 0.261 e. The number of hydrogen-bond acceptors (Lipinski definition) is 6. The zero-order valence-corrected chi connectivity index (χ0v) is 19.8. The SMILES string of the molecule is O=C(CCN1C(=O)c2ccccc2C1=O)N(CCN1C(=O)c2ccccc2C1=O)OCc1ccccc1. The summed E-state index contributed by atoms with van der Waals surface area (Å²) in [6, 6.07) is 22.3. The van der Waals surface area contributed by atoms with E-state index in [-0.39, 0.29) is 32.7 Å². The summed E-state index contributed by atoms with van der Waals surface area (Å²) >= 11 is 0. The molecular weight excluding hydrogens is 474 g/mol. The molecule has 2 heterocycles. The average Bonchev–Trinajstić information content (AvgIpc) is 3.32. The molecule has 3 aromatic carbocycles. The van der Waals surface area contributed by atoms with Crippen molar-refractivity contribution in [3.8, 4) is 0 Å². The first-order valence-corrected chi connectivity index (χ1v) is 11.8. The maximum atomic E-state index is 13.2. The van der Waals surface area contributed by atoms with Gasteiger partial charge in [-0.15, -0.1) is 0 Å². The molecule has 0 spiro atoms. The van der Waals surface area contributed by atoms with Gasteiger partial charge in [-0.05, 0) is 29.8 Å². The Labute approximate surface area is 212 Å². The van der Waals surface area contributed by atoms with Crippen LogP contribution in [0, 0.1) is 0 Å². The van der Waals surface area contributed by atoms with Crippen LogP contribution in [-0.2, 0) is 16.2 Å². The van der Waals surface area contributed by atoms with Gasteiger partial charge in [0.2, 0.25) is 5.91 Å². The summed E-state index contributed by atoms with van der Waals surface area (Å²) in [5, 5.41) is 1.09. The Balaban J connectivity index is 1.26. The van der Waals surface area contributed by atoms with Crippen molar-refractivity contribution < 1.29 is 28.8 Å². The molecule has 0 aromatic heterocycles. The Bertz CT molecular complexity index is 1330. The Morgan fingerprint density at radius 1 is 0.622 bits per heavy atom. The molecule has 0 saturated heterocycles. The van der Waals surface area contributed by atoms with Crippen molar-refractivity contribution in [2.24, 2.45) is 0 Å². The maximum absolute atomic E-state index is 13.2. The van der Waals surface area contributed by atoms with Crippen LogP contribution in [0.4, 0.5) is 0 Å². The smallest absolute Gasteiger partial charge is 0.261 e. The van der Waals surface area contributed by atoms with Gasteiger partial charge in [0.05, 0.1) is 28.8 Å². The average molecular weight is 498 g/mol. The lowest BCUT2D eigenvalue weighted by Crippen LogP contribution is -2.42. The molecular formula is C28H23N3O6. The molecule has 0 unspecified atom stereocenters. The molecule has 5 amide bonds. The first kappa shape index (κ1) is 24.1. The summed E-state index contributed by atoms with van der Waals surface area (Å²) in [5.74, 6) is -2.24. The van der Waals surface area contributed by atoms with Crippen LogP contribution in [0.5, 0.6) is 0 Å². The van der Waals surface area contributed by atoms with Crippen LogP contribution in [0.2, 0.25) is 0 Å². The summed E-state index contributed by atoms with van der Waals surface area (Å²) in [7, 11) is 0. The fourth-order valence-electron chi connectivity index (χ4n) is 4.40. The Kier molecular flexibility index (Phi) is 6.61. The van der Waals surface area contributed by atoms with Crippen LogP contribution in [0.1, 0.15) is 53.4 Å². The molecule has 9 nitrogen and oxygen atoms in total. The highest BCUT2D eigenvalue weighted by Crippen LogP contribution is 2.24. The number of fused-ring (bicyclic) bond motifs is 2. The molecule has 37 heavy (non-hydrogen) atoms. The molecule has 0 bridgehead atoms. The normalized spacial score (nSPS) is 14.3. The van der Waals surface area contributed by atoms with Gasteiger partial charge >= 0.3 is 0 Å². The minimum atomic E-state index is -0.482. The lowest BCUT2D eigenvalue weighted by atomic mass is 10.1. The van der Waals surface area contributed by atoms with Gasteiger partial charge in [0.1, 0.15) is 6.61 Å².